The van der Waals surface area contributed by atoms with Gasteiger partial charge >= 0.3 is 5.97 Å². The zero-order valence-corrected chi connectivity index (χ0v) is 5.84. The Morgan fingerprint density at radius 3 is 2.00 bits per heavy atom. The zero-order valence-electron chi connectivity index (χ0n) is 3.57. The van der Waals surface area contributed by atoms with Crippen LogP contribution in [0.1, 0.15) is 6.42 Å². The second-order valence-electron chi connectivity index (χ2n) is 0.867. The fourth-order valence-electron chi connectivity index (χ4n) is 0.0956. The van der Waals surface area contributed by atoms with Gasteiger partial charge in [0.25, 0.3) is 0 Å². The Labute approximate surface area is 73.4 Å². The molecule has 0 rings (SSSR count). The van der Waals surface area contributed by atoms with Crippen molar-refractivity contribution in [3.63, 3.8) is 0 Å². The predicted molar refractivity (Wildman–Crippen MR) is 19.3 cm³/mol. The summed E-state index contributed by atoms with van der Waals surface area (Å²) in [5.41, 5.74) is 0. The van der Waals surface area contributed by atoms with E-state index < -0.39 is 5.97 Å². The van der Waals surface area contributed by atoms with Crippen LogP contribution in [0.15, 0.2) is 0 Å². The summed E-state index contributed by atoms with van der Waals surface area (Å²) >= 11 is 0. The van der Waals surface area contributed by atoms with Gasteiger partial charge in [0, 0.05) is 39.9 Å². The molecule has 0 aliphatic rings. The van der Waals surface area contributed by atoms with Crippen molar-refractivity contribution >= 4 is 5.97 Å². The third-order valence-electron chi connectivity index (χ3n) is 0.326. The zero-order chi connectivity index (χ0) is 4.99. The van der Waals surface area contributed by atoms with Gasteiger partial charge in [-0.1, -0.05) is 0 Å². The predicted octanol–water partition coefficient (Wildman–Crippen LogP) is -0.547. The van der Waals surface area contributed by atoms with E-state index in [1.54, 1.807) is 0 Å². The minimum absolute atomic E-state index is 0. The Morgan fingerprint density at radius 1 is 1.57 bits per heavy atom. The van der Waals surface area contributed by atoms with Crippen LogP contribution in [0.2, 0.25) is 0 Å². The summed E-state index contributed by atoms with van der Waals surface area (Å²) < 4.78 is 0. The average Bonchev–Trinajstić information content (AvgIpc) is 1.35. The molecule has 0 aliphatic carbocycles. The van der Waals surface area contributed by atoms with Crippen molar-refractivity contribution in [1.29, 1.82) is 0 Å². The quantitative estimate of drug-likeness (QED) is 0.688. The van der Waals surface area contributed by atoms with Gasteiger partial charge in [0.15, 0.2) is 0 Å². The van der Waals surface area contributed by atoms with E-state index in [-0.39, 0.29) is 53.0 Å². The largest absolute Gasteiger partial charge is 0.481 e. The Bertz CT molecular complexity index is 54.1. The smallest absolute Gasteiger partial charge is 0.305 e. The summed E-state index contributed by atoms with van der Waals surface area (Å²) in [5.74, 6) is -0.961. The van der Waals surface area contributed by atoms with Crippen molar-refractivity contribution in [3.8, 4) is 0 Å². The molecule has 2 N–H and O–H groups in total. The number of aliphatic hydroxyl groups is 1. The first-order chi connectivity index (χ1) is 2.77. The molecule has 0 aromatic carbocycles. The van der Waals surface area contributed by atoms with E-state index in [1.807, 2.05) is 0 Å². The van der Waals surface area contributed by atoms with Crippen LogP contribution >= 0.6 is 0 Å². The molecule has 0 saturated heterocycles. The van der Waals surface area contributed by atoms with Gasteiger partial charge in [0.1, 0.15) is 0 Å². The number of rotatable bonds is 2. The number of hydrogen-bond donors (Lipinski definition) is 2. The van der Waals surface area contributed by atoms with Crippen molar-refractivity contribution in [2.24, 2.45) is 0 Å². The molecule has 0 aliphatic heterocycles. The van der Waals surface area contributed by atoms with Crippen molar-refractivity contribution in [3.05, 3.63) is 0 Å². The molecule has 0 spiro atoms. The summed E-state index contributed by atoms with van der Waals surface area (Å²) in [4.78, 5) is 9.44. The van der Waals surface area contributed by atoms with Crippen molar-refractivity contribution in [2.75, 3.05) is 6.61 Å². The molecule has 0 bridgehead atoms. The maximum absolute atomic E-state index is 9.44. The van der Waals surface area contributed by atoms with Gasteiger partial charge in [-0.2, -0.15) is 0 Å². The number of hydrogen-bond acceptors (Lipinski definition) is 2. The van der Waals surface area contributed by atoms with Crippen LogP contribution in [-0.4, -0.2) is 22.8 Å². The fourth-order valence-corrected chi connectivity index (χ4v) is 0.0956. The fraction of sp³-hybridized carbons (Fsp3) is 0.667. The number of aliphatic hydroxyl groups excluding tert-OH is 1. The van der Waals surface area contributed by atoms with Crippen LogP contribution < -0.4 is 0 Å². The average molecular weight is 247 g/mol. The number of carbonyl (C=O) groups is 1. The van der Waals surface area contributed by atoms with Crippen LogP contribution in [-0.2, 0) is 4.79 Å². The van der Waals surface area contributed by atoms with Crippen molar-refractivity contribution in [2.45, 2.75) is 6.42 Å². The monoisotopic (exact) mass is 248 g/mol. The molecule has 0 atom stereocenters. The molecular weight excluding hydrogens is 241 g/mol. The van der Waals surface area contributed by atoms with Gasteiger partial charge in [0.05, 0.1) is 13.0 Å². The maximum Gasteiger partial charge on any atom is 0.305 e. The van der Waals surface area contributed by atoms with Gasteiger partial charge in [-0.25, -0.2) is 0 Å². The van der Waals surface area contributed by atoms with Crippen LogP contribution in [0.4, 0.5) is 0 Å². The molecule has 0 unspecified atom stereocenters. The number of carboxylic acid groups (broad SMARTS) is 1. The first-order valence-corrected chi connectivity index (χ1v) is 1.60. The van der Waals surface area contributed by atoms with Crippen LogP contribution in [0, 0.1) is 39.9 Å². The van der Waals surface area contributed by atoms with E-state index in [0.29, 0.717) is 0 Å². The van der Waals surface area contributed by atoms with E-state index in [9.17, 15) is 4.79 Å². The normalized spacial score (nSPS) is 7.00. The molecule has 4 heteroatoms. The molecular formula is C3H6GdO3. The van der Waals surface area contributed by atoms with E-state index in [0.717, 1.165) is 0 Å². The topological polar surface area (TPSA) is 57.5 Å². The first kappa shape index (κ1) is 10.7. The van der Waals surface area contributed by atoms with Gasteiger partial charge in [0.2, 0.25) is 0 Å². The van der Waals surface area contributed by atoms with Crippen molar-refractivity contribution in [1.82, 2.24) is 0 Å². The summed E-state index contributed by atoms with van der Waals surface area (Å²) in [6.07, 6.45) is -0.153. The Kier molecular flexibility index (Phi) is 10.3. The van der Waals surface area contributed by atoms with Crippen LogP contribution in [0.25, 0.3) is 0 Å². The van der Waals surface area contributed by atoms with Crippen LogP contribution in [0.5, 0.6) is 0 Å². The standard InChI is InChI=1S/C3H6O3.Gd/c4-2-1-3(5)6;/h4H,1-2H2,(H,5,6);. The molecule has 44 valence electrons. The molecule has 0 amide bonds. The van der Waals surface area contributed by atoms with E-state index >= 15 is 0 Å². The Balaban J connectivity index is 0. The molecule has 0 aromatic rings. The van der Waals surface area contributed by atoms with Crippen molar-refractivity contribution < 1.29 is 54.9 Å². The SMILES string of the molecule is O=C(O)CCO.[Gd]. The second kappa shape index (κ2) is 6.75. The van der Waals surface area contributed by atoms with Gasteiger partial charge in [-0.05, 0) is 0 Å². The Morgan fingerprint density at radius 2 is 2.00 bits per heavy atom. The Hall–Kier alpha value is 0.755. The summed E-state index contributed by atoms with van der Waals surface area (Å²) in [5, 5.41) is 15.6. The van der Waals surface area contributed by atoms with Crippen LogP contribution in [0.3, 0.4) is 0 Å². The first-order valence-electron chi connectivity index (χ1n) is 1.60. The van der Waals surface area contributed by atoms with Gasteiger partial charge in [-0.15, -0.1) is 0 Å². The second-order valence-corrected chi connectivity index (χ2v) is 0.867. The third-order valence-corrected chi connectivity index (χ3v) is 0.326. The number of aliphatic carboxylic acids is 1. The number of carboxylic acids is 1. The maximum atomic E-state index is 9.44. The molecule has 0 aromatic heterocycles. The molecule has 0 heterocycles. The summed E-state index contributed by atoms with van der Waals surface area (Å²) in [7, 11) is 0. The summed E-state index contributed by atoms with van der Waals surface area (Å²) in [6.45, 7) is -0.269. The summed E-state index contributed by atoms with van der Waals surface area (Å²) in [6, 6.07) is 0. The van der Waals surface area contributed by atoms with E-state index in [2.05, 4.69) is 0 Å². The minimum Gasteiger partial charge on any atom is -0.481 e. The molecule has 7 heavy (non-hydrogen) atoms. The minimum atomic E-state index is -0.961. The molecule has 3 nitrogen and oxygen atoms in total. The molecule has 0 saturated carbocycles. The van der Waals surface area contributed by atoms with Gasteiger partial charge < -0.3 is 10.2 Å². The molecule has 0 radical (unpaired) electrons. The van der Waals surface area contributed by atoms with E-state index in [1.165, 1.54) is 0 Å². The molecule has 0 fully saturated rings. The van der Waals surface area contributed by atoms with E-state index in [4.69, 9.17) is 10.2 Å². The third kappa shape index (κ3) is 10.8. The van der Waals surface area contributed by atoms with Gasteiger partial charge in [-0.3, -0.25) is 4.79 Å².